The standard InChI is InChI=1S/C20H20F2N8O2/c1-13-10-17(30-20(25-13)23-12-24-30)29-8-6-28(7-9-29)11-16-26-18(27-32-16)14-4-2-3-5-15(14)31-19(21)22/h2-5,10,12,19H,6-9,11H2,1H3. The average molecular weight is 442 g/mol. The van der Waals surface area contributed by atoms with E-state index in [4.69, 9.17) is 4.52 Å². The van der Waals surface area contributed by atoms with Crippen LogP contribution in [0.4, 0.5) is 14.6 Å². The maximum atomic E-state index is 12.7. The van der Waals surface area contributed by atoms with Gasteiger partial charge in [0.15, 0.2) is 0 Å². The molecule has 1 saturated heterocycles. The van der Waals surface area contributed by atoms with Crippen molar-refractivity contribution in [3.8, 4) is 17.1 Å². The van der Waals surface area contributed by atoms with E-state index in [-0.39, 0.29) is 11.6 Å². The van der Waals surface area contributed by atoms with Gasteiger partial charge in [-0.2, -0.15) is 28.4 Å². The van der Waals surface area contributed by atoms with Gasteiger partial charge in [0, 0.05) is 37.9 Å². The molecule has 12 heteroatoms. The summed E-state index contributed by atoms with van der Waals surface area (Å²) in [6.07, 6.45) is 1.50. The van der Waals surface area contributed by atoms with Crippen LogP contribution in [0.15, 0.2) is 41.2 Å². The number of rotatable bonds is 6. The van der Waals surface area contributed by atoms with E-state index in [1.54, 1.807) is 22.7 Å². The number of anilines is 1. The summed E-state index contributed by atoms with van der Waals surface area (Å²) in [5.74, 6) is 2.18. The zero-order chi connectivity index (χ0) is 22.1. The van der Waals surface area contributed by atoms with Crippen molar-refractivity contribution in [2.24, 2.45) is 0 Å². The number of aryl methyl sites for hydroxylation is 1. The molecule has 1 aliphatic rings. The molecule has 0 atom stereocenters. The molecule has 166 valence electrons. The third-order valence-corrected chi connectivity index (χ3v) is 5.23. The summed E-state index contributed by atoms with van der Waals surface area (Å²) in [5, 5.41) is 8.22. The molecule has 3 aromatic heterocycles. The highest BCUT2D eigenvalue weighted by molar-refractivity contribution is 5.63. The third kappa shape index (κ3) is 4.08. The number of hydrogen-bond acceptors (Lipinski definition) is 9. The van der Waals surface area contributed by atoms with Crippen molar-refractivity contribution >= 4 is 11.6 Å². The zero-order valence-corrected chi connectivity index (χ0v) is 17.2. The van der Waals surface area contributed by atoms with Crippen molar-refractivity contribution in [2.75, 3.05) is 31.1 Å². The Kier molecular flexibility index (Phi) is 5.35. The highest BCUT2D eigenvalue weighted by Crippen LogP contribution is 2.29. The molecule has 0 radical (unpaired) electrons. The minimum atomic E-state index is -2.93. The van der Waals surface area contributed by atoms with Crippen LogP contribution >= 0.6 is 0 Å². The monoisotopic (exact) mass is 442 g/mol. The number of para-hydroxylation sites is 1. The van der Waals surface area contributed by atoms with Gasteiger partial charge in [-0.15, -0.1) is 0 Å². The fraction of sp³-hybridized carbons (Fsp3) is 0.350. The molecular formula is C20H20F2N8O2. The summed E-state index contributed by atoms with van der Waals surface area (Å²) >= 11 is 0. The fourth-order valence-electron chi connectivity index (χ4n) is 3.74. The first kappa shape index (κ1) is 20.2. The number of fused-ring (bicyclic) bond motifs is 1. The van der Waals surface area contributed by atoms with Gasteiger partial charge >= 0.3 is 6.61 Å². The van der Waals surface area contributed by atoms with Crippen molar-refractivity contribution in [3.63, 3.8) is 0 Å². The van der Waals surface area contributed by atoms with Crippen LogP contribution in [0.5, 0.6) is 5.75 Å². The molecular weight excluding hydrogens is 422 g/mol. The van der Waals surface area contributed by atoms with E-state index >= 15 is 0 Å². The van der Waals surface area contributed by atoms with E-state index in [1.807, 2.05) is 13.0 Å². The Bertz CT molecular complexity index is 1220. The van der Waals surface area contributed by atoms with Crippen LogP contribution < -0.4 is 9.64 Å². The number of hydrogen-bond donors (Lipinski definition) is 0. The van der Waals surface area contributed by atoms with Gasteiger partial charge in [0.05, 0.1) is 12.1 Å². The Morgan fingerprint density at radius 1 is 1.12 bits per heavy atom. The molecule has 1 fully saturated rings. The predicted octanol–water partition coefficient (Wildman–Crippen LogP) is 2.41. The molecule has 4 aromatic rings. The molecule has 0 unspecified atom stereocenters. The molecule has 32 heavy (non-hydrogen) atoms. The van der Waals surface area contributed by atoms with Gasteiger partial charge in [0.25, 0.3) is 5.78 Å². The molecule has 0 spiro atoms. The highest BCUT2D eigenvalue weighted by Gasteiger charge is 2.23. The predicted molar refractivity (Wildman–Crippen MR) is 109 cm³/mol. The molecule has 4 heterocycles. The summed E-state index contributed by atoms with van der Waals surface area (Å²) in [4.78, 5) is 17.4. The lowest BCUT2D eigenvalue weighted by molar-refractivity contribution is -0.0494. The Morgan fingerprint density at radius 2 is 1.94 bits per heavy atom. The van der Waals surface area contributed by atoms with Crippen LogP contribution in [0.25, 0.3) is 17.2 Å². The van der Waals surface area contributed by atoms with E-state index in [2.05, 4.69) is 39.7 Å². The highest BCUT2D eigenvalue weighted by atomic mass is 19.3. The Balaban J connectivity index is 1.25. The number of aromatic nitrogens is 6. The SMILES string of the molecule is Cc1cc(N2CCN(Cc3nc(-c4ccccc4OC(F)F)no3)CC2)n2ncnc2n1. The van der Waals surface area contributed by atoms with Crippen molar-refractivity contribution in [1.82, 2.24) is 34.6 Å². The first-order chi connectivity index (χ1) is 15.6. The van der Waals surface area contributed by atoms with Crippen LogP contribution in [0.1, 0.15) is 11.6 Å². The lowest BCUT2D eigenvalue weighted by Gasteiger charge is -2.35. The van der Waals surface area contributed by atoms with Crippen LogP contribution in [0.3, 0.4) is 0 Å². The quantitative estimate of drug-likeness (QED) is 0.446. The van der Waals surface area contributed by atoms with Gasteiger partial charge in [-0.1, -0.05) is 17.3 Å². The normalized spacial score (nSPS) is 15.1. The lowest BCUT2D eigenvalue weighted by Crippen LogP contribution is -2.46. The van der Waals surface area contributed by atoms with E-state index in [9.17, 15) is 8.78 Å². The number of alkyl halides is 2. The molecule has 0 bridgehead atoms. The molecule has 0 saturated carbocycles. The van der Waals surface area contributed by atoms with Crippen LogP contribution in [0.2, 0.25) is 0 Å². The maximum Gasteiger partial charge on any atom is 0.387 e. The first-order valence-electron chi connectivity index (χ1n) is 10.1. The Labute approximate surface area is 181 Å². The second-order valence-electron chi connectivity index (χ2n) is 7.38. The fourth-order valence-corrected chi connectivity index (χ4v) is 3.74. The van der Waals surface area contributed by atoms with Crippen molar-refractivity contribution in [2.45, 2.75) is 20.1 Å². The third-order valence-electron chi connectivity index (χ3n) is 5.23. The number of piperazine rings is 1. The summed E-state index contributed by atoms with van der Waals surface area (Å²) in [7, 11) is 0. The van der Waals surface area contributed by atoms with Gasteiger partial charge in [0.1, 0.15) is 17.9 Å². The van der Waals surface area contributed by atoms with Gasteiger partial charge in [-0.05, 0) is 19.1 Å². The lowest BCUT2D eigenvalue weighted by atomic mass is 10.2. The first-order valence-corrected chi connectivity index (χ1v) is 10.1. The van der Waals surface area contributed by atoms with E-state index in [0.717, 1.165) is 37.7 Å². The van der Waals surface area contributed by atoms with Crippen molar-refractivity contribution in [1.29, 1.82) is 0 Å². The van der Waals surface area contributed by atoms with Crippen LogP contribution in [0, 0.1) is 6.92 Å². The minimum absolute atomic E-state index is 0.00975. The summed E-state index contributed by atoms with van der Waals surface area (Å²) in [6, 6.07) is 8.38. The summed E-state index contributed by atoms with van der Waals surface area (Å²) in [6.45, 7) is 2.59. The second kappa shape index (κ2) is 8.46. The second-order valence-corrected chi connectivity index (χ2v) is 7.38. The smallest absolute Gasteiger partial charge is 0.387 e. The van der Waals surface area contributed by atoms with E-state index in [1.165, 1.54) is 12.4 Å². The molecule has 0 N–H and O–H groups in total. The molecule has 1 aliphatic heterocycles. The Morgan fingerprint density at radius 3 is 2.75 bits per heavy atom. The van der Waals surface area contributed by atoms with Gasteiger partial charge in [-0.3, -0.25) is 4.90 Å². The number of halogens is 2. The molecule has 1 aromatic carbocycles. The van der Waals surface area contributed by atoms with Gasteiger partial charge in [-0.25, -0.2) is 4.98 Å². The number of benzene rings is 1. The van der Waals surface area contributed by atoms with Gasteiger partial charge in [0.2, 0.25) is 11.7 Å². The molecule has 5 rings (SSSR count). The van der Waals surface area contributed by atoms with Crippen LogP contribution in [-0.2, 0) is 6.54 Å². The van der Waals surface area contributed by atoms with Gasteiger partial charge < -0.3 is 14.2 Å². The molecule has 0 amide bonds. The van der Waals surface area contributed by atoms with E-state index in [0.29, 0.717) is 23.8 Å². The minimum Gasteiger partial charge on any atom is -0.434 e. The number of ether oxygens (including phenoxy) is 1. The summed E-state index contributed by atoms with van der Waals surface area (Å²) in [5.41, 5.74) is 1.25. The van der Waals surface area contributed by atoms with Crippen molar-refractivity contribution < 1.29 is 18.0 Å². The molecule has 10 nitrogen and oxygen atoms in total. The van der Waals surface area contributed by atoms with E-state index < -0.39 is 6.61 Å². The topological polar surface area (TPSA) is 97.7 Å². The number of nitrogens with zero attached hydrogens (tertiary/aromatic N) is 8. The average Bonchev–Trinajstić information content (AvgIpc) is 3.43. The largest absolute Gasteiger partial charge is 0.434 e. The van der Waals surface area contributed by atoms with Crippen LogP contribution in [-0.4, -0.2) is 67.4 Å². The summed E-state index contributed by atoms with van der Waals surface area (Å²) < 4.78 is 37.0. The van der Waals surface area contributed by atoms with Crippen molar-refractivity contribution in [3.05, 3.63) is 48.2 Å². The molecule has 0 aliphatic carbocycles. The zero-order valence-electron chi connectivity index (χ0n) is 17.2. The maximum absolute atomic E-state index is 12.7. The Hall–Kier alpha value is -3.67.